The Bertz CT molecular complexity index is 303. The highest BCUT2D eigenvalue weighted by molar-refractivity contribution is 5.80. The zero-order valence-corrected chi connectivity index (χ0v) is 5.80. The third kappa shape index (κ3) is 1.36. The number of carbonyl (C=O) groups excluding carboxylic acids is 1. The van der Waals surface area contributed by atoms with E-state index in [4.69, 9.17) is 5.11 Å². The number of aromatic nitrogens is 2. The van der Waals surface area contributed by atoms with Gasteiger partial charge in [0, 0.05) is 6.07 Å². The number of aromatic carboxylic acids is 1. The van der Waals surface area contributed by atoms with Crippen LogP contribution in [0.25, 0.3) is 0 Å². The van der Waals surface area contributed by atoms with Crippen LogP contribution in [-0.4, -0.2) is 22.2 Å². The monoisotopic (exact) mass is 168 g/mol. The summed E-state index contributed by atoms with van der Waals surface area (Å²) in [6.07, 6.45) is 0.827. The summed E-state index contributed by atoms with van der Waals surface area (Å²) in [6, 6.07) is 1.31. The maximum Gasteiger partial charge on any atom is 0.509 e. The second-order valence-electron chi connectivity index (χ2n) is 1.88. The fourth-order valence-corrected chi connectivity index (χ4v) is 0.676. The standard InChI is InChI=1S/C6H4N2O4/c9-5(10)4-7-2-1-3-8(4)6(11)12/h1-3H,(H-,9,10,11,12). The molecule has 6 heteroatoms. The van der Waals surface area contributed by atoms with Crippen LogP contribution in [0.5, 0.6) is 0 Å². The molecule has 12 heavy (non-hydrogen) atoms. The number of carbonyl (C=O) groups is 2. The highest BCUT2D eigenvalue weighted by Crippen LogP contribution is 1.82. The second kappa shape index (κ2) is 2.95. The fourth-order valence-electron chi connectivity index (χ4n) is 0.676. The Balaban J connectivity index is 3.27. The van der Waals surface area contributed by atoms with Gasteiger partial charge in [-0.05, 0) is 4.98 Å². The van der Waals surface area contributed by atoms with Gasteiger partial charge in [-0.2, -0.15) is 4.79 Å². The van der Waals surface area contributed by atoms with Gasteiger partial charge >= 0.3 is 11.9 Å². The predicted octanol–water partition coefficient (Wildman–Crippen LogP) is -1.74. The molecular formula is C6H4N2O4. The number of nitrogens with zero attached hydrogens (tertiary/aromatic N) is 2. The van der Waals surface area contributed by atoms with E-state index in [-0.39, 0.29) is 0 Å². The number of carboxylic acids is 1. The molecule has 62 valence electrons. The molecule has 0 amide bonds. The normalized spacial score (nSPS) is 9.33. The predicted molar refractivity (Wildman–Crippen MR) is 32.2 cm³/mol. The van der Waals surface area contributed by atoms with Crippen LogP contribution in [0, 0.1) is 0 Å². The molecule has 0 spiro atoms. The molecule has 1 heterocycles. The van der Waals surface area contributed by atoms with Crippen LogP contribution in [0.3, 0.4) is 0 Å². The van der Waals surface area contributed by atoms with Crippen molar-refractivity contribution in [2.45, 2.75) is 0 Å². The van der Waals surface area contributed by atoms with E-state index in [1.165, 1.54) is 12.3 Å². The smallest absolute Gasteiger partial charge is 0.509 e. The topological polar surface area (TPSA) is 94.2 Å². The number of hydrogen-bond acceptors (Lipinski definition) is 4. The van der Waals surface area contributed by atoms with Crippen LogP contribution in [0.4, 0.5) is 4.79 Å². The Morgan fingerprint density at radius 1 is 1.58 bits per heavy atom. The average Bonchev–Trinajstić information content (AvgIpc) is 2.04. The summed E-state index contributed by atoms with van der Waals surface area (Å²) < 4.78 is 0.468. The van der Waals surface area contributed by atoms with Crippen LogP contribution in [0.1, 0.15) is 10.6 Å². The molecule has 0 atom stereocenters. The molecule has 0 radical (unpaired) electrons. The molecule has 0 aliphatic rings. The lowest BCUT2D eigenvalue weighted by Gasteiger charge is -1.96. The molecule has 0 unspecified atom stereocenters. The van der Waals surface area contributed by atoms with E-state index in [1.807, 2.05) is 0 Å². The first-order chi connectivity index (χ1) is 5.63. The summed E-state index contributed by atoms with van der Waals surface area (Å²) in [4.78, 5) is 23.9. The van der Waals surface area contributed by atoms with Crippen molar-refractivity contribution in [2.75, 3.05) is 0 Å². The van der Waals surface area contributed by atoms with E-state index in [2.05, 4.69) is 4.98 Å². The lowest BCUT2D eigenvalue weighted by atomic mass is 10.5. The Morgan fingerprint density at radius 2 is 2.25 bits per heavy atom. The van der Waals surface area contributed by atoms with Crippen molar-refractivity contribution in [2.24, 2.45) is 0 Å². The van der Waals surface area contributed by atoms with Gasteiger partial charge in [0.15, 0.2) is 5.97 Å². The summed E-state index contributed by atoms with van der Waals surface area (Å²) in [7, 11) is 0. The van der Waals surface area contributed by atoms with Crippen molar-refractivity contribution in [3.8, 4) is 0 Å². The summed E-state index contributed by atoms with van der Waals surface area (Å²) in [5.74, 6) is -2.26. The first kappa shape index (κ1) is 8.12. The van der Waals surface area contributed by atoms with E-state index < -0.39 is 17.9 Å². The molecule has 0 fully saturated rings. The molecular weight excluding hydrogens is 164 g/mol. The van der Waals surface area contributed by atoms with Crippen LogP contribution in [0.2, 0.25) is 0 Å². The highest BCUT2D eigenvalue weighted by Gasteiger charge is 2.17. The van der Waals surface area contributed by atoms with E-state index in [0.29, 0.717) is 4.57 Å². The molecule has 0 aromatic carbocycles. The van der Waals surface area contributed by atoms with E-state index in [0.717, 1.165) is 6.20 Å². The van der Waals surface area contributed by atoms with Crippen molar-refractivity contribution in [1.29, 1.82) is 0 Å². The van der Waals surface area contributed by atoms with Gasteiger partial charge in [-0.25, -0.2) is 0 Å². The van der Waals surface area contributed by atoms with Crippen LogP contribution in [-0.2, 0) is 0 Å². The molecule has 0 bridgehead atoms. The first-order valence-corrected chi connectivity index (χ1v) is 2.94. The third-order valence-corrected chi connectivity index (χ3v) is 1.13. The number of rotatable bonds is 1. The van der Waals surface area contributed by atoms with Gasteiger partial charge in [0.25, 0.3) is 0 Å². The molecule has 1 aromatic heterocycles. The number of carboxylic acid groups (broad SMARTS) is 2. The summed E-state index contributed by atoms with van der Waals surface area (Å²) >= 11 is 0. The summed E-state index contributed by atoms with van der Waals surface area (Å²) in [6.45, 7) is 0. The zero-order valence-electron chi connectivity index (χ0n) is 5.80. The van der Waals surface area contributed by atoms with Gasteiger partial charge in [-0.15, -0.1) is 4.57 Å². The Morgan fingerprint density at radius 3 is 2.67 bits per heavy atom. The molecule has 6 nitrogen and oxygen atoms in total. The molecule has 1 rings (SSSR count). The van der Waals surface area contributed by atoms with Crippen LogP contribution < -0.4 is 9.67 Å². The average molecular weight is 168 g/mol. The third-order valence-electron chi connectivity index (χ3n) is 1.13. The SMILES string of the molecule is O=C([O-])c1nccc[n+]1C(=O)O. The minimum atomic E-state index is -1.63. The van der Waals surface area contributed by atoms with E-state index >= 15 is 0 Å². The van der Waals surface area contributed by atoms with Crippen molar-refractivity contribution in [3.05, 3.63) is 24.3 Å². The van der Waals surface area contributed by atoms with E-state index in [9.17, 15) is 14.7 Å². The van der Waals surface area contributed by atoms with Crippen molar-refractivity contribution in [3.63, 3.8) is 0 Å². The summed E-state index contributed by atoms with van der Waals surface area (Å²) in [5, 5.41) is 18.7. The van der Waals surface area contributed by atoms with Gasteiger partial charge in [0.2, 0.25) is 0 Å². The minimum absolute atomic E-state index is 0.468. The van der Waals surface area contributed by atoms with Crippen LogP contribution >= 0.6 is 0 Å². The van der Waals surface area contributed by atoms with Gasteiger partial charge in [0.1, 0.15) is 12.4 Å². The molecule has 0 saturated carbocycles. The first-order valence-electron chi connectivity index (χ1n) is 2.94. The second-order valence-corrected chi connectivity index (χ2v) is 1.88. The van der Waals surface area contributed by atoms with Gasteiger partial charge in [-0.3, -0.25) is 0 Å². The fraction of sp³-hybridized carbons (Fsp3) is 0. The number of hydrogen-bond donors (Lipinski definition) is 1. The maximum absolute atomic E-state index is 10.4. The van der Waals surface area contributed by atoms with Crippen molar-refractivity contribution >= 4 is 12.1 Å². The summed E-state index contributed by atoms with van der Waals surface area (Å²) in [5.41, 5.74) is 0. The Kier molecular flexibility index (Phi) is 2.00. The molecule has 0 aliphatic heterocycles. The quantitative estimate of drug-likeness (QED) is 0.502. The lowest BCUT2D eigenvalue weighted by molar-refractivity contribution is -0.593. The minimum Gasteiger partial charge on any atom is -0.538 e. The highest BCUT2D eigenvalue weighted by atomic mass is 16.4. The van der Waals surface area contributed by atoms with Crippen molar-refractivity contribution in [1.82, 2.24) is 4.98 Å². The lowest BCUT2D eigenvalue weighted by Crippen LogP contribution is -2.50. The van der Waals surface area contributed by atoms with Gasteiger partial charge in [-0.1, -0.05) is 0 Å². The van der Waals surface area contributed by atoms with Gasteiger partial charge < -0.3 is 15.0 Å². The zero-order chi connectivity index (χ0) is 9.14. The molecule has 0 saturated heterocycles. The molecule has 0 aliphatic carbocycles. The Labute approximate surface area is 66.7 Å². The molecule has 1 N–H and O–H groups in total. The van der Waals surface area contributed by atoms with E-state index in [1.54, 1.807) is 0 Å². The van der Waals surface area contributed by atoms with Gasteiger partial charge in [0.05, 0.1) is 0 Å². The van der Waals surface area contributed by atoms with Crippen molar-refractivity contribution < 1.29 is 24.4 Å². The Hall–Kier alpha value is -1.98. The maximum atomic E-state index is 10.4. The molecule has 1 aromatic rings. The van der Waals surface area contributed by atoms with Crippen LogP contribution in [0.15, 0.2) is 18.5 Å². The largest absolute Gasteiger partial charge is 0.538 e.